The summed E-state index contributed by atoms with van der Waals surface area (Å²) in [5.74, 6) is 2.11. The first-order valence-corrected chi connectivity index (χ1v) is 9.64. The second-order valence-corrected chi connectivity index (χ2v) is 8.53. The van der Waals surface area contributed by atoms with Crippen molar-refractivity contribution < 1.29 is 14.3 Å². The van der Waals surface area contributed by atoms with Crippen LogP contribution in [0.5, 0.6) is 0 Å². The van der Waals surface area contributed by atoms with Crippen molar-refractivity contribution in [2.24, 2.45) is 17.8 Å². The number of ether oxygens (including phenoxy) is 1. The predicted molar refractivity (Wildman–Crippen MR) is 92.4 cm³/mol. The minimum Gasteiger partial charge on any atom is -0.371 e. The van der Waals surface area contributed by atoms with Crippen molar-refractivity contribution in [2.45, 2.75) is 64.4 Å². The lowest BCUT2D eigenvalue weighted by atomic mass is 9.82. The van der Waals surface area contributed by atoms with Crippen LogP contribution in [0, 0.1) is 17.8 Å². The van der Waals surface area contributed by atoms with Gasteiger partial charge in [-0.1, -0.05) is 13.8 Å². The van der Waals surface area contributed by atoms with Crippen LogP contribution in [0.15, 0.2) is 0 Å². The fourth-order valence-electron chi connectivity index (χ4n) is 3.64. The maximum absolute atomic E-state index is 12.1. The molecule has 0 aromatic rings. The Bertz CT molecular complexity index is 457. The zero-order chi connectivity index (χ0) is 17.2. The number of likely N-dealkylation sites (tertiary alicyclic amines) is 1. The second-order valence-electron chi connectivity index (χ2n) is 8.53. The zero-order valence-corrected chi connectivity index (χ0v) is 15.2. The van der Waals surface area contributed by atoms with Crippen molar-refractivity contribution in [3.8, 4) is 0 Å². The largest absolute Gasteiger partial charge is 0.371 e. The number of nitrogens with zero attached hydrogens (tertiary/aromatic N) is 1. The Balaban J connectivity index is 1.31. The van der Waals surface area contributed by atoms with Gasteiger partial charge in [-0.3, -0.25) is 9.59 Å². The van der Waals surface area contributed by atoms with Gasteiger partial charge in [-0.15, -0.1) is 0 Å². The lowest BCUT2D eigenvalue weighted by Crippen LogP contribution is -2.66. The van der Waals surface area contributed by atoms with Crippen LogP contribution in [0.25, 0.3) is 0 Å². The van der Waals surface area contributed by atoms with Crippen molar-refractivity contribution in [1.29, 1.82) is 0 Å². The molecule has 136 valence electrons. The fraction of sp³-hybridized carbons (Fsp3) is 0.895. The van der Waals surface area contributed by atoms with Crippen molar-refractivity contribution in [1.82, 2.24) is 10.2 Å². The second kappa shape index (κ2) is 7.42. The van der Waals surface area contributed by atoms with Crippen molar-refractivity contribution in [3.05, 3.63) is 0 Å². The minimum absolute atomic E-state index is 0.0952. The van der Waals surface area contributed by atoms with Gasteiger partial charge in [-0.05, 0) is 49.9 Å². The lowest BCUT2D eigenvalue weighted by molar-refractivity contribution is -0.188. The number of amides is 2. The van der Waals surface area contributed by atoms with Crippen LogP contribution in [0.2, 0.25) is 0 Å². The van der Waals surface area contributed by atoms with Gasteiger partial charge >= 0.3 is 0 Å². The maximum Gasteiger partial charge on any atom is 0.222 e. The highest BCUT2D eigenvalue weighted by atomic mass is 16.5. The molecule has 1 atom stereocenters. The lowest BCUT2D eigenvalue weighted by Gasteiger charge is -2.52. The summed E-state index contributed by atoms with van der Waals surface area (Å²) in [4.78, 5) is 25.8. The topological polar surface area (TPSA) is 58.6 Å². The molecule has 24 heavy (non-hydrogen) atoms. The Morgan fingerprint density at radius 2 is 1.96 bits per heavy atom. The third-order valence-electron chi connectivity index (χ3n) is 5.64. The van der Waals surface area contributed by atoms with E-state index < -0.39 is 0 Å². The first kappa shape index (κ1) is 17.7. The molecular weight excluding hydrogens is 304 g/mol. The molecule has 1 aliphatic carbocycles. The summed E-state index contributed by atoms with van der Waals surface area (Å²) in [5.41, 5.74) is -0.0952. The maximum atomic E-state index is 12.1. The fourth-order valence-corrected chi connectivity index (χ4v) is 3.64. The Hall–Kier alpha value is -1.10. The number of carbonyl (C=O) groups is 2. The van der Waals surface area contributed by atoms with Crippen LogP contribution in [-0.4, -0.2) is 48.6 Å². The van der Waals surface area contributed by atoms with E-state index in [0.29, 0.717) is 37.2 Å². The summed E-state index contributed by atoms with van der Waals surface area (Å²) in [6, 6.07) is 0. The van der Waals surface area contributed by atoms with E-state index in [1.807, 2.05) is 4.90 Å². The molecule has 2 amide bonds. The summed E-state index contributed by atoms with van der Waals surface area (Å²) in [6.45, 7) is 7.25. The molecule has 5 nitrogen and oxygen atoms in total. The predicted octanol–water partition coefficient (Wildman–Crippen LogP) is 2.35. The van der Waals surface area contributed by atoms with E-state index in [1.54, 1.807) is 0 Å². The third-order valence-corrected chi connectivity index (χ3v) is 5.64. The molecule has 3 fully saturated rings. The van der Waals surface area contributed by atoms with E-state index in [9.17, 15) is 9.59 Å². The Morgan fingerprint density at radius 3 is 2.54 bits per heavy atom. The average molecular weight is 336 g/mol. The summed E-state index contributed by atoms with van der Waals surface area (Å²) < 4.78 is 6.10. The van der Waals surface area contributed by atoms with Crippen molar-refractivity contribution in [2.75, 3.05) is 26.2 Å². The van der Waals surface area contributed by atoms with Gasteiger partial charge in [0.2, 0.25) is 11.8 Å². The number of rotatable bonds is 7. The van der Waals surface area contributed by atoms with E-state index in [0.717, 1.165) is 38.9 Å². The molecule has 5 heteroatoms. The average Bonchev–Trinajstić information content (AvgIpc) is 3.32. The minimum atomic E-state index is -0.0952. The Morgan fingerprint density at radius 1 is 1.21 bits per heavy atom. The van der Waals surface area contributed by atoms with Gasteiger partial charge in [0, 0.05) is 19.4 Å². The molecule has 1 N–H and O–H groups in total. The van der Waals surface area contributed by atoms with Crippen LogP contribution >= 0.6 is 0 Å². The smallest absolute Gasteiger partial charge is 0.222 e. The highest BCUT2D eigenvalue weighted by Crippen LogP contribution is 2.36. The molecule has 0 bridgehead atoms. The van der Waals surface area contributed by atoms with Gasteiger partial charge in [0.1, 0.15) is 5.60 Å². The van der Waals surface area contributed by atoms with Crippen LogP contribution in [0.3, 0.4) is 0 Å². The first-order valence-electron chi connectivity index (χ1n) is 9.64. The van der Waals surface area contributed by atoms with E-state index in [2.05, 4.69) is 19.2 Å². The number of nitrogens with one attached hydrogen (secondary N) is 1. The molecule has 1 saturated carbocycles. The van der Waals surface area contributed by atoms with Crippen LogP contribution in [0.1, 0.15) is 58.8 Å². The highest BCUT2D eigenvalue weighted by Gasteiger charge is 2.48. The molecule has 2 heterocycles. The van der Waals surface area contributed by atoms with Crippen LogP contribution < -0.4 is 5.32 Å². The van der Waals surface area contributed by atoms with E-state index in [-0.39, 0.29) is 17.4 Å². The molecule has 1 unspecified atom stereocenters. The molecule has 0 radical (unpaired) electrons. The molecule has 2 aliphatic heterocycles. The highest BCUT2D eigenvalue weighted by molar-refractivity contribution is 5.77. The molecule has 2 saturated heterocycles. The first-order chi connectivity index (χ1) is 11.5. The molecule has 3 rings (SSSR count). The molecular formula is C19H32N2O3. The summed E-state index contributed by atoms with van der Waals surface area (Å²) in [6.07, 6.45) is 6.84. The molecule has 3 aliphatic rings. The standard InChI is InChI=1S/C19H32N2O3/c1-14(2)3-6-18(23)21-12-19(13-21)8-7-16(11-24-19)10-20-17(22)9-15-4-5-15/h14-16H,3-13H2,1-2H3,(H,20,22). The SMILES string of the molecule is CC(C)CCC(=O)N1CC2(CCC(CNC(=O)CC3CC3)CO2)C1. The summed E-state index contributed by atoms with van der Waals surface area (Å²) in [7, 11) is 0. The van der Waals surface area contributed by atoms with Gasteiger partial charge in [0.05, 0.1) is 19.7 Å². The Kier molecular flexibility index (Phi) is 5.48. The summed E-state index contributed by atoms with van der Waals surface area (Å²) in [5, 5.41) is 3.06. The Labute approximate surface area is 145 Å². The zero-order valence-electron chi connectivity index (χ0n) is 15.2. The normalized spacial score (nSPS) is 25.6. The van der Waals surface area contributed by atoms with Gasteiger partial charge in [-0.2, -0.15) is 0 Å². The van der Waals surface area contributed by atoms with Crippen LogP contribution in [-0.2, 0) is 14.3 Å². The van der Waals surface area contributed by atoms with E-state index in [4.69, 9.17) is 4.74 Å². The van der Waals surface area contributed by atoms with Gasteiger partial charge in [0.25, 0.3) is 0 Å². The van der Waals surface area contributed by atoms with Crippen molar-refractivity contribution in [3.63, 3.8) is 0 Å². The van der Waals surface area contributed by atoms with Gasteiger partial charge in [0.15, 0.2) is 0 Å². The van der Waals surface area contributed by atoms with Gasteiger partial charge in [-0.25, -0.2) is 0 Å². The number of hydrogen-bond acceptors (Lipinski definition) is 3. The molecule has 0 aromatic carbocycles. The van der Waals surface area contributed by atoms with Crippen LogP contribution in [0.4, 0.5) is 0 Å². The summed E-state index contributed by atoms with van der Waals surface area (Å²) >= 11 is 0. The van der Waals surface area contributed by atoms with E-state index >= 15 is 0 Å². The molecule has 0 aromatic heterocycles. The van der Waals surface area contributed by atoms with Crippen molar-refractivity contribution >= 4 is 11.8 Å². The monoisotopic (exact) mass is 336 g/mol. The molecule has 1 spiro atoms. The number of hydrogen-bond donors (Lipinski definition) is 1. The number of carbonyl (C=O) groups excluding carboxylic acids is 2. The van der Waals surface area contributed by atoms with Gasteiger partial charge < -0.3 is 15.0 Å². The van der Waals surface area contributed by atoms with E-state index in [1.165, 1.54) is 12.8 Å². The quantitative estimate of drug-likeness (QED) is 0.776. The third kappa shape index (κ3) is 4.71.